The van der Waals surface area contributed by atoms with Gasteiger partial charge in [0.1, 0.15) is 11.6 Å². The number of carbonyl (C=O) groups excluding carboxylic acids is 1. The molecular weight excluding hydrogens is 331 g/mol. The summed E-state index contributed by atoms with van der Waals surface area (Å²) in [6, 6.07) is 9.75. The van der Waals surface area contributed by atoms with Gasteiger partial charge in [-0.05, 0) is 50.6 Å². The Morgan fingerprint density at radius 3 is 2.50 bits per heavy atom. The minimum atomic E-state index is -0.502. The Bertz CT molecular complexity index is 1210. The molecule has 0 fully saturated rings. The van der Waals surface area contributed by atoms with Crippen molar-refractivity contribution in [3.8, 4) is 11.4 Å². The standard InChI is InChI=1S/C20H17FN4O/c1-10-4-5-13(19(22)26)8-15(10)20-24-12(3)18-11(2)23-16-7-6-14(21)9-17(16)25(18)20/h4-9H,1-3H3,(H2,22,26). The maximum atomic E-state index is 13.9. The lowest BCUT2D eigenvalue weighted by molar-refractivity contribution is 0.100. The number of halogens is 1. The predicted molar refractivity (Wildman–Crippen MR) is 98.6 cm³/mol. The van der Waals surface area contributed by atoms with Gasteiger partial charge in [-0.15, -0.1) is 0 Å². The molecule has 6 heteroatoms. The van der Waals surface area contributed by atoms with Crippen molar-refractivity contribution in [1.82, 2.24) is 14.4 Å². The summed E-state index contributed by atoms with van der Waals surface area (Å²) in [6.45, 7) is 5.74. The fourth-order valence-corrected chi connectivity index (χ4v) is 3.39. The van der Waals surface area contributed by atoms with Crippen LogP contribution in [0.2, 0.25) is 0 Å². The molecule has 0 aliphatic rings. The van der Waals surface area contributed by atoms with Crippen LogP contribution in [0.15, 0.2) is 36.4 Å². The molecule has 4 aromatic rings. The molecule has 2 aromatic carbocycles. The largest absolute Gasteiger partial charge is 0.366 e. The third-order valence-corrected chi connectivity index (χ3v) is 4.62. The number of aryl methyl sites for hydroxylation is 3. The van der Waals surface area contributed by atoms with Crippen LogP contribution in [-0.4, -0.2) is 20.3 Å². The number of fused-ring (bicyclic) bond motifs is 3. The van der Waals surface area contributed by atoms with E-state index in [0.717, 1.165) is 28.0 Å². The molecule has 2 N–H and O–H groups in total. The van der Waals surface area contributed by atoms with E-state index in [-0.39, 0.29) is 5.82 Å². The Kier molecular flexibility index (Phi) is 3.50. The molecule has 5 nitrogen and oxygen atoms in total. The van der Waals surface area contributed by atoms with Crippen LogP contribution < -0.4 is 5.73 Å². The van der Waals surface area contributed by atoms with Gasteiger partial charge < -0.3 is 5.73 Å². The van der Waals surface area contributed by atoms with Crippen molar-refractivity contribution in [2.24, 2.45) is 5.73 Å². The molecule has 0 aliphatic carbocycles. The van der Waals surface area contributed by atoms with E-state index in [2.05, 4.69) is 4.98 Å². The normalized spacial score (nSPS) is 11.4. The highest BCUT2D eigenvalue weighted by Crippen LogP contribution is 2.30. The minimum absolute atomic E-state index is 0.343. The molecule has 0 aliphatic heterocycles. The van der Waals surface area contributed by atoms with E-state index in [9.17, 15) is 9.18 Å². The van der Waals surface area contributed by atoms with E-state index in [1.54, 1.807) is 18.2 Å². The quantitative estimate of drug-likeness (QED) is 0.600. The molecule has 2 aromatic heterocycles. The van der Waals surface area contributed by atoms with Crippen molar-refractivity contribution in [3.63, 3.8) is 0 Å². The average molecular weight is 348 g/mol. The molecule has 0 saturated carbocycles. The monoisotopic (exact) mass is 348 g/mol. The second-order valence-corrected chi connectivity index (χ2v) is 6.43. The third-order valence-electron chi connectivity index (χ3n) is 4.62. The lowest BCUT2D eigenvalue weighted by Crippen LogP contribution is -2.11. The van der Waals surface area contributed by atoms with E-state index >= 15 is 0 Å². The van der Waals surface area contributed by atoms with Crippen molar-refractivity contribution >= 4 is 22.5 Å². The smallest absolute Gasteiger partial charge is 0.248 e. The molecule has 26 heavy (non-hydrogen) atoms. The lowest BCUT2D eigenvalue weighted by Gasteiger charge is -2.10. The van der Waals surface area contributed by atoms with Crippen molar-refractivity contribution in [3.05, 3.63) is 64.7 Å². The number of carbonyl (C=O) groups is 1. The summed E-state index contributed by atoms with van der Waals surface area (Å²) in [7, 11) is 0. The summed E-state index contributed by atoms with van der Waals surface area (Å²) in [4.78, 5) is 20.9. The molecule has 0 saturated heterocycles. The second kappa shape index (κ2) is 5.62. The maximum Gasteiger partial charge on any atom is 0.248 e. The summed E-state index contributed by atoms with van der Waals surface area (Å²) in [5.74, 6) is -0.207. The van der Waals surface area contributed by atoms with Gasteiger partial charge in [-0.3, -0.25) is 9.20 Å². The SMILES string of the molecule is Cc1ccc(C(N)=O)cc1-c1nc(C)c2c(C)nc3ccc(F)cc3n12. The molecule has 0 atom stereocenters. The first-order valence-electron chi connectivity index (χ1n) is 8.22. The lowest BCUT2D eigenvalue weighted by atomic mass is 10.0. The Hall–Kier alpha value is -3.28. The van der Waals surface area contributed by atoms with Crippen LogP contribution in [0, 0.1) is 26.6 Å². The van der Waals surface area contributed by atoms with Gasteiger partial charge in [0, 0.05) is 17.2 Å². The van der Waals surface area contributed by atoms with Gasteiger partial charge in [-0.25, -0.2) is 14.4 Å². The molecule has 0 unspecified atom stereocenters. The summed E-state index contributed by atoms with van der Waals surface area (Å²) >= 11 is 0. The van der Waals surface area contributed by atoms with Crippen molar-refractivity contribution in [2.45, 2.75) is 20.8 Å². The number of amides is 1. The zero-order valence-electron chi connectivity index (χ0n) is 14.7. The van der Waals surface area contributed by atoms with E-state index < -0.39 is 5.91 Å². The van der Waals surface area contributed by atoms with Crippen LogP contribution in [0.1, 0.15) is 27.3 Å². The summed E-state index contributed by atoms with van der Waals surface area (Å²) < 4.78 is 15.8. The molecule has 0 bridgehead atoms. The van der Waals surface area contributed by atoms with Crippen LogP contribution in [-0.2, 0) is 0 Å². The highest BCUT2D eigenvalue weighted by molar-refractivity contribution is 5.94. The van der Waals surface area contributed by atoms with Gasteiger partial charge in [0.05, 0.1) is 27.9 Å². The number of nitrogens with zero attached hydrogens (tertiary/aromatic N) is 3. The number of primary amides is 1. The molecule has 1 amide bonds. The van der Waals surface area contributed by atoms with Gasteiger partial charge in [0.2, 0.25) is 5.91 Å². The maximum absolute atomic E-state index is 13.9. The van der Waals surface area contributed by atoms with Crippen LogP contribution >= 0.6 is 0 Å². The van der Waals surface area contributed by atoms with E-state index in [1.165, 1.54) is 12.1 Å². The highest BCUT2D eigenvalue weighted by atomic mass is 19.1. The number of nitrogens with two attached hydrogens (primary N) is 1. The highest BCUT2D eigenvalue weighted by Gasteiger charge is 2.18. The fourth-order valence-electron chi connectivity index (χ4n) is 3.39. The fraction of sp³-hybridized carbons (Fsp3) is 0.150. The molecule has 0 spiro atoms. The molecule has 4 rings (SSSR count). The Morgan fingerprint density at radius 1 is 1.04 bits per heavy atom. The number of rotatable bonds is 2. The van der Waals surface area contributed by atoms with Gasteiger partial charge in [0.25, 0.3) is 0 Å². The first-order chi connectivity index (χ1) is 12.4. The molecule has 130 valence electrons. The van der Waals surface area contributed by atoms with Crippen LogP contribution in [0.5, 0.6) is 0 Å². The first-order valence-corrected chi connectivity index (χ1v) is 8.22. The average Bonchev–Trinajstić information content (AvgIpc) is 2.94. The third kappa shape index (κ3) is 2.34. The van der Waals surface area contributed by atoms with Crippen LogP contribution in [0.4, 0.5) is 4.39 Å². The molecular formula is C20H17FN4O. The topological polar surface area (TPSA) is 73.3 Å². The van der Waals surface area contributed by atoms with Gasteiger partial charge in [-0.2, -0.15) is 0 Å². The van der Waals surface area contributed by atoms with Crippen LogP contribution in [0.25, 0.3) is 27.9 Å². The van der Waals surface area contributed by atoms with Crippen molar-refractivity contribution in [2.75, 3.05) is 0 Å². The van der Waals surface area contributed by atoms with E-state index in [4.69, 9.17) is 10.7 Å². The minimum Gasteiger partial charge on any atom is -0.366 e. The van der Waals surface area contributed by atoms with E-state index in [1.807, 2.05) is 31.2 Å². The number of imidazole rings is 1. The summed E-state index contributed by atoms with van der Waals surface area (Å²) in [5.41, 5.74) is 11.3. The van der Waals surface area contributed by atoms with Gasteiger partial charge in [-0.1, -0.05) is 6.07 Å². The van der Waals surface area contributed by atoms with Crippen molar-refractivity contribution in [1.29, 1.82) is 0 Å². The molecule has 0 radical (unpaired) electrons. The summed E-state index contributed by atoms with van der Waals surface area (Å²) in [6.07, 6.45) is 0. The molecule has 2 heterocycles. The van der Waals surface area contributed by atoms with Crippen molar-refractivity contribution < 1.29 is 9.18 Å². The number of hydrogen-bond donors (Lipinski definition) is 1. The van der Waals surface area contributed by atoms with Gasteiger partial charge in [0.15, 0.2) is 0 Å². The predicted octanol–water partition coefficient (Wildman–Crippen LogP) is 3.71. The summed E-state index contributed by atoms with van der Waals surface area (Å²) in [5, 5.41) is 0. The first kappa shape index (κ1) is 16.2. The second-order valence-electron chi connectivity index (χ2n) is 6.43. The number of hydrogen-bond acceptors (Lipinski definition) is 3. The zero-order chi connectivity index (χ0) is 18.6. The Labute approximate surface area is 149 Å². The number of benzene rings is 2. The van der Waals surface area contributed by atoms with Crippen LogP contribution in [0.3, 0.4) is 0 Å². The Morgan fingerprint density at radius 2 is 1.77 bits per heavy atom. The Balaban J connectivity index is 2.18. The van der Waals surface area contributed by atoms with Gasteiger partial charge >= 0.3 is 0 Å². The number of aromatic nitrogens is 3. The zero-order valence-corrected chi connectivity index (χ0v) is 14.7. The van der Waals surface area contributed by atoms with E-state index in [0.29, 0.717) is 22.4 Å².